The molecule has 0 spiro atoms. The maximum absolute atomic E-state index is 10.6. The molecular formula is C9H8ClNO2. The van der Waals surface area contributed by atoms with E-state index in [1.165, 1.54) is 6.07 Å². The number of carboxylic acids is 1. The highest BCUT2D eigenvalue weighted by atomic mass is 35.5. The van der Waals surface area contributed by atoms with Gasteiger partial charge in [-0.2, -0.15) is 0 Å². The Kier molecular flexibility index (Phi) is 1.96. The third-order valence-corrected chi connectivity index (χ3v) is 2.38. The SMILES string of the molecule is O=C(O)c1ccc(Cl)c(C2CC2)n1. The van der Waals surface area contributed by atoms with E-state index in [-0.39, 0.29) is 5.69 Å². The highest BCUT2D eigenvalue weighted by Crippen LogP contribution is 2.41. The Hall–Kier alpha value is -1.09. The van der Waals surface area contributed by atoms with Gasteiger partial charge in [0.15, 0.2) is 0 Å². The molecule has 0 atom stereocenters. The molecule has 1 aromatic heterocycles. The first-order valence-electron chi connectivity index (χ1n) is 4.08. The molecule has 3 nitrogen and oxygen atoms in total. The minimum atomic E-state index is -1.00. The van der Waals surface area contributed by atoms with E-state index in [1.807, 2.05) is 0 Å². The van der Waals surface area contributed by atoms with E-state index in [0.717, 1.165) is 18.5 Å². The van der Waals surface area contributed by atoms with Gasteiger partial charge in [0.25, 0.3) is 0 Å². The zero-order valence-corrected chi connectivity index (χ0v) is 7.58. The van der Waals surface area contributed by atoms with Crippen LogP contribution in [0.25, 0.3) is 0 Å². The number of pyridine rings is 1. The van der Waals surface area contributed by atoms with Crippen molar-refractivity contribution in [2.75, 3.05) is 0 Å². The Bertz CT molecular complexity index is 361. The largest absolute Gasteiger partial charge is 0.477 e. The Morgan fingerprint density at radius 1 is 1.54 bits per heavy atom. The van der Waals surface area contributed by atoms with Crippen LogP contribution < -0.4 is 0 Å². The average Bonchev–Trinajstić information content (AvgIpc) is 2.87. The van der Waals surface area contributed by atoms with Crippen molar-refractivity contribution in [2.45, 2.75) is 18.8 Å². The van der Waals surface area contributed by atoms with Gasteiger partial charge in [-0.15, -0.1) is 0 Å². The van der Waals surface area contributed by atoms with Crippen molar-refractivity contribution in [1.82, 2.24) is 4.98 Å². The number of aromatic nitrogens is 1. The quantitative estimate of drug-likeness (QED) is 0.792. The summed E-state index contributed by atoms with van der Waals surface area (Å²) >= 11 is 5.88. The molecule has 2 rings (SSSR count). The molecule has 1 fully saturated rings. The molecule has 0 aromatic carbocycles. The monoisotopic (exact) mass is 197 g/mol. The number of carboxylic acid groups (broad SMARTS) is 1. The number of nitrogens with zero attached hydrogens (tertiary/aromatic N) is 1. The van der Waals surface area contributed by atoms with E-state index in [0.29, 0.717) is 10.9 Å². The smallest absolute Gasteiger partial charge is 0.354 e. The van der Waals surface area contributed by atoms with Crippen LogP contribution in [0.2, 0.25) is 5.02 Å². The molecule has 0 bridgehead atoms. The number of hydrogen-bond acceptors (Lipinski definition) is 2. The first-order valence-corrected chi connectivity index (χ1v) is 4.46. The molecule has 0 unspecified atom stereocenters. The van der Waals surface area contributed by atoms with Gasteiger partial charge in [0.1, 0.15) is 5.69 Å². The van der Waals surface area contributed by atoms with Gasteiger partial charge in [-0.3, -0.25) is 0 Å². The fourth-order valence-electron chi connectivity index (χ4n) is 1.22. The lowest BCUT2D eigenvalue weighted by atomic mass is 10.2. The van der Waals surface area contributed by atoms with E-state index in [1.54, 1.807) is 6.07 Å². The molecule has 1 N–H and O–H groups in total. The van der Waals surface area contributed by atoms with Gasteiger partial charge < -0.3 is 5.11 Å². The minimum absolute atomic E-state index is 0.0753. The lowest BCUT2D eigenvalue weighted by Gasteiger charge is -2.01. The van der Waals surface area contributed by atoms with Crippen LogP contribution in [0, 0.1) is 0 Å². The predicted molar refractivity (Wildman–Crippen MR) is 48.2 cm³/mol. The molecule has 13 heavy (non-hydrogen) atoms. The van der Waals surface area contributed by atoms with Crippen molar-refractivity contribution in [2.24, 2.45) is 0 Å². The van der Waals surface area contributed by atoms with Gasteiger partial charge in [0.05, 0.1) is 10.7 Å². The molecule has 0 saturated heterocycles. The molecule has 1 heterocycles. The van der Waals surface area contributed by atoms with Crippen molar-refractivity contribution in [1.29, 1.82) is 0 Å². The summed E-state index contributed by atoms with van der Waals surface area (Å²) < 4.78 is 0. The molecular weight excluding hydrogens is 190 g/mol. The second kappa shape index (κ2) is 3.00. The van der Waals surface area contributed by atoms with Crippen LogP contribution in [0.1, 0.15) is 34.9 Å². The number of halogens is 1. The third-order valence-electron chi connectivity index (χ3n) is 2.06. The van der Waals surface area contributed by atoms with Crippen LogP contribution in [0.15, 0.2) is 12.1 Å². The van der Waals surface area contributed by atoms with E-state index in [2.05, 4.69) is 4.98 Å². The fraction of sp³-hybridized carbons (Fsp3) is 0.333. The van der Waals surface area contributed by atoms with Crippen molar-refractivity contribution >= 4 is 17.6 Å². The van der Waals surface area contributed by atoms with Crippen molar-refractivity contribution < 1.29 is 9.90 Å². The zero-order chi connectivity index (χ0) is 9.42. The Morgan fingerprint density at radius 2 is 2.23 bits per heavy atom. The van der Waals surface area contributed by atoms with E-state index >= 15 is 0 Å². The van der Waals surface area contributed by atoms with E-state index in [4.69, 9.17) is 16.7 Å². The molecule has 0 aliphatic heterocycles. The Labute approximate surface area is 80.4 Å². The van der Waals surface area contributed by atoms with Gasteiger partial charge in [0, 0.05) is 5.92 Å². The molecule has 0 amide bonds. The van der Waals surface area contributed by atoms with Gasteiger partial charge in [0.2, 0.25) is 0 Å². The first kappa shape index (κ1) is 8.51. The number of aromatic carboxylic acids is 1. The summed E-state index contributed by atoms with van der Waals surface area (Å²) in [5, 5.41) is 9.27. The highest BCUT2D eigenvalue weighted by Gasteiger charge is 2.28. The summed E-state index contributed by atoms with van der Waals surface area (Å²) in [5.74, 6) is -0.620. The van der Waals surface area contributed by atoms with E-state index < -0.39 is 5.97 Å². The van der Waals surface area contributed by atoms with Crippen LogP contribution in [0.4, 0.5) is 0 Å². The van der Waals surface area contributed by atoms with Crippen LogP contribution in [0.5, 0.6) is 0 Å². The maximum Gasteiger partial charge on any atom is 0.354 e. The molecule has 1 aliphatic rings. The topological polar surface area (TPSA) is 50.2 Å². The molecule has 1 aromatic rings. The first-order chi connectivity index (χ1) is 6.18. The van der Waals surface area contributed by atoms with Gasteiger partial charge in [-0.25, -0.2) is 9.78 Å². The third kappa shape index (κ3) is 1.65. The maximum atomic E-state index is 10.6. The standard InChI is InChI=1S/C9H8ClNO2/c10-6-3-4-7(9(12)13)11-8(6)5-1-2-5/h3-5H,1-2H2,(H,12,13). The summed E-state index contributed by atoms with van der Waals surface area (Å²) in [5.41, 5.74) is 0.813. The number of rotatable bonds is 2. The van der Waals surface area contributed by atoms with Crippen LogP contribution in [0.3, 0.4) is 0 Å². The summed E-state index contributed by atoms with van der Waals surface area (Å²) in [4.78, 5) is 14.6. The van der Waals surface area contributed by atoms with Gasteiger partial charge >= 0.3 is 5.97 Å². The predicted octanol–water partition coefficient (Wildman–Crippen LogP) is 2.31. The van der Waals surface area contributed by atoms with Crippen molar-refractivity contribution in [3.05, 3.63) is 28.5 Å². The van der Waals surface area contributed by atoms with E-state index in [9.17, 15) is 4.79 Å². The lowest BCUT2D eigenvalue weighted by Crippen LogP contribution is -2.02. The summed E-state index contributed by atoms with van der Waals surface area (Å²) in [6.45, 7) is 0. The average molecular weight is 198 g/mol. The Morgan fingerprint density at radius 3 is 2.77 bits per heavy atom. The molecule has 1 saturated carbocycles. The van der Waals surface area contributed by atoms with Crippen LogP contribution in [-0.4, -0.2) is 16.1 Å². The van der Waals surface area contributed by atoms with Gasteiger partial charge in [-0.1, -0.05) is 11.6 Å². The minimum Gasteiger partial charge on any atom is -0.477 e. The van der Waals surface area contributed by atoms with Crippen molar-refractivity contribution in [3.63, 3.8) is 0 Å². The molecule has 0 radical (unpaired) electrons. The summed E-state index contributed by atoms with van der Waals surface area (Å²) in [6.07, 6.45) is 2.13. The molecule has 68 valence electrons. The fourth-order valence-corrected chi connectivity index (χ4v) is 1.48. The van der Waals surface area contributed by atoms with Crippen molar-refractivity contribution in [3.8, 4) is 0 Å². The molecule has 1 aliphatic carbocycles. The second-order valence-corrected chi connectivity index (χ2v) is 3.55. The number of hydrogen-bond donors (Lipinski definition) is 1. The highest BCUT2D eigenvalue weighted by molar-refractivity contribution is 6.31. The lowest BCUT2D eigenvalue weighted by molar-refractivity contribution is 0.0690. The molecule has 4 heteroatoms. The number of carbonyl (C=O) groups is 1. The van der Waals surface area contributed by atoms with Gasteiger partial charge in [-0.05, 0) is 25.0 Å². The normalized spacial score (nSPS) is 15.8. The second-order valence-electron chi connectivity index (χ2n) is 3.14. The summed E-state index contributed by atoms with van der Waals surface area (Å²) in [6, 6.07) is 3.03. The van der Waals surface area contributed by atoms with Crippen LogP contribution in [-0.2, 0) is 0 Å². The zero-order valence-electron chi connectivity index (χ0n) is 6.83. The Balaban J connectivity index is 2.41. The van der Waals surface area contributed by atoms with Crippen LogP contribution >= 0.6 is 11.6 Å². The summed E-state index contributed by atoms with van der Waals surface area (Å²) in [7, 11) is 0.